The molecule has 0 fully saturated rings. The highest BCUT2D eigenvalue weighted by atomic mass is 35.5. The summed E-state index contributed by atoms with van der Waals surface area (Å²) >= 11 is 11.8. The zero-order valence-electron chi connectivity index (χ0n) is 13.5. The molecule has 0 radical (unpaired) electrons. The molecule has 2 amide bonds. The third-order valence-corrected chi connectivity index (χ3v) is 3.88. The van der Waals surface area contributed by atoms with Gasteiger partial charge in [0.15, 0.2) is 6.10 Å². The van der Waals surface area contributed by atoms with Crippen molar-refractivity contribution in [3.05, 3.63) is 57.6 Å². The van der Waals surface area contributed by atoms with Crippen molar-refractivity contribution in [3.63, 3.8) is 0 Å². The number of phenols is 1. The molecule has 0 aliphatic carbocycles. The van der Waals surface area contributed by atoms with Gasteiger partial charge in [-0.2, -0.15) is 0 Å². The van der Waals surface area contributed by atoms with E-state index >= 15 is 0 Å². The molecule has 0 aromatic heterocycles. The van der Waals surface area contributed by atoms with Gasteiger partial charge in [0.05, 0.1) is 10.6 Å². The Kier molecular flexibility index (Phi) is 6.12. The van der Waals surface area contributed by atoms with Crippen LogP contribution in [-0.2, 0) is 4.79 Å². The fourth-order valence-electron chi connectivity index (χ4n) is 1.94. The molecule has 25 heavy (non-hydrogen) atoms. The first-order valence-electron chi connectivity index (χ1n) is 7.30. The second-order valence-corrected chi connectivity index (χ2v) is 6.09. The number of para-hydroxylation sites is 1. The first kappa shape index (κ1) is 18.9. The second kappa shape index (κ2) is 8.09. The Morgan fingerprint density at radius 3 is 2.56 bits per heavy atom. The van der Waals surface area contributed by atoms with Crippen molar-refractivity contribution in [1.29, 1.82) is 0 Å². The largest absolute Gasteiger partial charge is 0.507 e. The third-order valence-electron chi connectivity index (χ3n) is 3.35. The highest BCUT2D eigenvalue weighted by molar-refractivity contribution is 6.35. The van der Waals surface area contributed by atoms with Gasteiger partial charge in [0.1, 0.15) is 11.5 Å². The maximum Gasteiger partial charge on any atom is 0.279 e. The van der Waals surface area contributed by atoms with Gasteiger partial charge in [0, 0.05) is 5.02 Å². The van der Waals surface area contributed by atoms with Crippen molar-refractivity contribution < 1.29 is 19.4 Å². The average Bonchev–Trinajstić information content (AvgIpc) is 2.57. The topological polar surface area (TPSA) is 87.7 Å². The van der Waals surface area contributed by atoms with Gasteiger partial charge in [0.2, 0.25) is 0 Å². The molecule has 0 bridgehead atoms. The van der Waals surface area contributed by atoms with Gasteiger partial charge in [-0.1, -0.05) is 35.3 Å². The predicted molar refractivity (Wildman–Crippen MR) is 95.0 cm³/mol. The van der Waals surface area contributed by atoms with Crippen molar-refractivity contribution in [3.8, 4) is 11.5 Å². The monoisotopic (exact) mass is 382 g/mol. The van der Waals surface area contributed by atoms with E-state index in [-0.39, 0.29) is 22.1 Å². The number of halogens is 2. The minimum atomic E-state index is -0.926. The first-order valence-corrected chi connectivity index (χ1v) is 8.05. The van der Waals surface area contributed by atoms with Crippen LogP contribution < -0.4 is 15.6 Å². The molecule has 132 valence electrons. The van der Waals surface area contributed by atoms with Crippen LogP contribution >= 0.6 is 23.2 Å². The van der Waals surface area contributed by atoms with Crippen LogP contribution in [0.15, 0.2) is 36.4 Å². The van der Waals surface area contributed by atoms with Crippen LogP contribution in [0, 0.1) is 6.92 Å². The fraction of sp³-hybridized carbons (Fsp3) is 0.176. The second-order valence-electron chi connectivity index (χ2n) is 5.25. The predicted octanol–water partition coefficient (Wildman–Crippen LogP) is 3.24. The zero-order chi connectivity index (χ0) is 18.6. The van der Waals surface area contributed by atoms with Crippen LogP contribution in [0.3, 0.4) is 0 Å². The first-order chi connectivity index (χ1) is 11.8. The maximum atomic E-state index is 12.0. The van der Waals surface area contributed by atoms with E-state index in [1.54, 1.807) is 25.1 Å². The van der Waals surface area contributed by atoms with Crippen molar-refractivity contribution in [2.45, 2.75) is 20.0 Å². The summed E-state index contributed by atoms with van der Waals surface area (Å²) in [6.45, 7) is 3.16. The molecular weight excluding hydrogens is 367 g/mol. The summed E-state index contributed by atoms with van der Waals surface area (Å²) in [4.78, 5) is 24.1. The van der Waals surface area contributed by atoms with Crippen molar-refractivity contribution in [1.82, 2.24) is 10.9 Å². The maximum absolute atomic E-state index is 12.0. The van der Waals surface area contributed by atoms with E-state index in [9.17, 15) is 14.7 Å². The van der Waals surface area contributed by atoms with Crippen LogP contribution in [-0.4, -0.2) is 23.0 Å². The lowest BCUT2D eigenvalue weighted by Gasteiger charge is -2.16. The molecule has 0 unspecified atom stereocenters. The molecule has 8 heteroatoms. The quantitative estimate of drug-likeness (QED) is 0.708. The lowest BCUT2D eigenvalue weighted by molar-refractivity contribution is -0.128. The van der Waals surface area contributed by atoms with Crippen LogP contribution in [0.2, 0.25) is 10.0 Å². The van der Waals surface area contributed by atoms with Gasteiger partial charge >= 0.3 is 0 Å². The lowest BCUT2D eigenvalue weighted by atomic mass is 10.1. The van der Waals surface area contributed by atoms with E-state index in [1.165, 1.54) is 25.1 Å². The van der Waals surface area contributed by atoms with Crippen LogP contribution in [0.1, 0.15) is 22.8 Å². The summed E-state index contributed by atoms with van der Waals surface area (Å²) < 4.78 is 5.44. The minimum absolute atomic E-state index is 0.0506. The SMILES string of the molecule is Cc1cccc(C(=O)NNC(=O)[C@H](C)Oc2ccc(Cl)cc2Cl)c1O. The number of aryl methyl sites for hydroxylation is 1. The van der Waals surface area contributed by atoms with Gasteiger partial charge in [-0.25, -0.2) is 0 Å². The number of hydrogen-bond acceptors (Lipinski definition) is 4. The number of hydrazine groups is 1. The molecule has 2 aromatic carbocycles. The van der Waals surface area contributed by atoms with E-state index in [2.05, 4.69) is 10.9 Å². The number of rotatable bonds is 4. The normalized spacial score (nSPS) is 11.5. The molecule has 0 aliphatic heterocycles. The molecule has 0 heterocycles. The standard InChI is InChI=1S/C17H16Cl2N2O4/c1-9-4-3-5-12(15(9)22)17(24)21-20-16(23)10(2)25-14-7-6-11(18)8-13(14)19/h3-8,10,22H,1-2H3,(H,20,23)(H,21,24)/t10-/m0/s1. The number of ether oxygens (including phenoxy) is 1. The molecule has 2 aromatic rings. The van der Waals surface area contributed by atoms with Gasteiger partial charge < -0.3 is 9.84 Å². The smallest absolute Gasteiger partial charge is 0.279 e. The summed E-state index contributed by atoms with van der Waals surface area (Å²) in [7, 11) is 0. The number of carbonyl (C=O) groups excluding carboxylic acids is 2. The highest BCUT2D eigenvalue weighted by Crippen LogP contribution is 2.28. The molecular formula is C17H16Cl2N2O4. The Morgan fingerprint density at radius 1 is 1.16 bits per heavy atom. The Labute approximate surface area is 154 Å². The van der Waals surface area contributed by atoms with E-state index < -0.39 is 17.9 Å². The van der Waals surface area contributed by atoms with Crippen molar-refractivity contribution in [2.24, 2.45) is 0 Å². The molecule has 3 N–H and O–H groups in total. The number of amides is 2. The fourth-order valence-corrected chi connectivity index (χ4v) is 2.40. The summed E-state index contributed by atoms with van der Waals surface area (Å²) in [5.41, 5.74) is 5.06. The average molecular weight is 383 g/mol. The Balaban J connectivity index is 1.95. The van der Waals surface area contributed by atoms with Crippen LogP contribution in [0.5, 0.6) is 11.5 Å². The van der Waals surface area contributed by atoms with E-state index in [4.69, 9.17) is 27.9 Å². The molecule has 6 nitrogen and oxygen atoms in total. The zero-order valence-corrected chi connectivity index (χ0v) is 15.0. The van der Waals surface area contributed by atoms with Gasteiger partial charge in [-0.3, -0.25) is 20.4 Å². The van der Waals surface area contributed by atoms with Gasteiger partial charge in [-0.15, -0.1) is 0 Å². The lowest BCUT2D eigenvalue weighted by Crippen LogP contribution is -2.47. The minimum Gasteiger partial charge on any atom is -0.507 e. The van der Waals surface area contributed by atoms with Crippen molar-refractivity contribution >= 4 is 35.0 Å². The third kappa shape index (κ3) is 4.78. The molecule has 0 saturated carbocycles. The van der Waals surface area contributed by atoms with E-state index in [0.717, 1.165) is 0 Å². The summed E-state index contributed by atoms with van der Waals surface area (Å²) in [6, 6.07) is 9.34. The number of carbonyl (C=O) groups is 2. The number of nitrogens with one attached hydrogen (secondary N) is 2. The highest BCUT2D eigenvalue weighted by Gasteiger charge is 2.18. The molecule has 0 aliphatic rings. The van der Waals surface area contributed by atoms with E-state index in [0.29, 0.717) is 10.6 Å². The summed E-state index contributed by atoms with van der Waals surface area (Å²) in [5, 5.41) is 10.6. The number of hydrogen-bond donors (Lipinski definition) is 3. The van der Waals surface area contributed by atoms with Gasteiger partial charge in [0.25, 0.3) is 11.8 Å². The Hall–Kier alpha value is -2.44. The Morgan fingerprint density at radius 2 is 1.88 bits per heavy atom. The summed E-state index contributed by atoms with van der Waals surface area (Å²) in [5.74, 6) is -1.10. The molecule has 2 rings (SSSR count). The van der Waals surface area contributed by atoms with Crippen LogP contribution in [0.4, 0.5) is 0 Å². The van der Waals surface area contributed by atoms with Crippen molar-refractivity contribution in [2.75, 3.05) is 0 Å². The number of benzene rings is 2. The van der Waals surface area contributed by atoms with Crippen LogP contribution in [0.25, 0.3) is 0 Å². The Bertz CT molecular complexity index is 811. The van der Waals surface area contributed by atoms with E-state index in [1.807, 2.05) is 0 Å². The molecule has 1 atom stereocenters. The molecule has 0 saturated heterocycles. The summed E-state index contributed by atoms with van der Waals surface area (Å²) in [6.07, 6.45) is -0.926. The number of phenolic OH excluding ortho intramolecular Hbond substituents is 1. The molecule has 0 spiro atoms. The number of aromatic hydroxyl groups is 1. The van der Waals surface area contributed by atoms with Gasteiger partial charge in [-0.05, 0) is 43.7 Å².